The van der Waals surface area contributed by atoms with E-state index < -0.39 is 5.60 Å². The highest BCUT2D eigenvalue weighted by Gasteiger charge is 2.31. The van der Waals surface area contributed by atoms with Crippen molar-refractivity contribution >= 4 is 5.91 Å². The van der Waals surface area contributed by atoms with Crippen molar-refractivity contribution in [1.29, 1.82) is 0 Å². The van der Waals surface area contributed by atoms with E-state index in [-0.39, 0.29) is 5.91 Å². The lowest BCUT2D eigenvalue weighted by Gasteiger charge is -2.40. The molecule has 3 unspecified atom stereocenters. The summed E-state index contributed by atoms with van der Waals surface area (Å²) < 4.78 is 0. The third-order valence-electron chi connectivity index (χ3n) is 5.00. The predicted molar refractivity (Wildman–Crippen MR) is 80.5 cm³/mol. The van der Waals surface area contributed by atoms with E-state index in [1.54, 1.807) is 0 Å². The number of carbonyl (C=O) groups excluding carboxylic acids is 1. The average molecular weight is 282 g/mol. The Labute approximate surface area is 123 Å². The minimum Gasteiger partial charge on any atom is -0.390 e. The second-order valence-electron chi connectivity index (χ2n) is 7.06. The van der Waals surface area contributed by atoms with Crippen molar-refractivity contribution in [3.05, 3.63) is 0 Å². The van der Waals surface area contributed by atoms with Crippen LogP contribution in [0.4, 0.5) is 0 Å². The Morgan fingerprint density at radius 1 is 1.15 bits per heavy atom. The van der Waals surface area contributed by atoms with Crippen molar-refractivity contribution in [2.75, 3.05) is 19.6 Å². The minimum atomic E-state index is -0.552. The number of likely N-dealkylation sites (tertiary alicyclic amines) is 2. The molecular weight excluding hydrogens is 252 g/mol. The van der Waals surface area contributed by atoms with Gasteiger partial charge < -0.3 is 10.0 Å². The summed E-state index contributed by atoms with van der Waals surface area (Å²) in [4.78, 5) is 16.9. The van der Waals surface area contributed by atoms with Crippen LogP contribution >= 0.6 is 0 Å². The van der Waals surface area contributed by atoms with Crippen LogP contribution < -0.4 is 0 Å². The number of aliphatic hydroxyl groups is 1. The van der Waals surface area contributed by atoms with Gasteiger partial charge in [0.2, 0.25) is 5.91 Å². The number of nitrogens with zero attached hydrogens (tertiary/aromatic N) is 2. The van der Waals surface area contributed by atoms with Crippen LogP contribution in [-0.4, -0.2) is 58.1 Å². The number of hydrogen-bond acceptors (Lipinski definition) is 3. The molecule has 2 aliphatic rings. The molecule has 2 saturated heterocycles. The van der Waals surface area contributed by atoms with Gasteiger partial charge in [0, 0.05) is 18.6 Å². The van der Waals surface area contributed by atoms with Crippen LogP contribution in [0, 0.1) is 0 Å². The van der Waals surface area contributed by atoms with E-state index in [4.69, 9.17) is 0 Å². The fourth-order valence-corrected chi connectivity index (χ4v) is 3.66. The van der Waals surface area contributed by atoms with E-state index in [9.17, 15) is 9.90 Å². The van der Waals surface area contributed by atoms with Gasteiger partial charge in [0.15, 0.2) is 0 Å². The lowest BCUT2D eigenvalue weighted by atomic mass is 9.97. The van der Waals surface area contributed by atoms with E-state index >= 15 is 0 Å². The fourth-order valence-electron chi connectivity index (χ4n) is 3.66. The molecule has 116 valence electrons. The summed E-state index contributed by atoms with van der Waals surface area (Å²) in [5.41, 5.74) is -0.552. The number of amides is 1. The summed E-state index contributed by atoms with van der Waals surface area (Å²) in [6.07, 6.45) is 6.08. The minimum absolute atomic E-state index is 0.270. The molecule has 0 saturated carbocycles. The van der Waals surface area contributed by atoms with Gasteiger partial charge in [-0.2, -0.15) is 0 Å². The molecule has 3 atom stereocenters. The van der Waals surface area contributed by atoms with Crippen molar-refractivity contribution in [3.63, 3.8) is 0 Å². The Morgan fingerprint density at radius 2 is 1.80 bits per heavy atom. The maximum Gasteiger partial charge on any atom is 0.237 e. The van der Waals surface area contributed by atoms with E-state index in [0.717, 1.165) is 45.2 Å². The zero-order valence-electron chi connectivity index (χ0n) is 13.3. The molecule has 1 amide bonds. The molecule has 0 aliphatic carbocycles. The topological polar surface area (TPSA) is 43.8 Å². The van der Waals surface area contributed by atoms with Crippen LogP contribution in [0.1, 0.15) is 59.3 Å². The van der Waals surface area contributed by atoms with Crippen molar-refractivity contribution in [2.24, 2.45) is 0 Å². The number of hydrogen-bond donors (Lipinski definition) is 1. The molecular formula is C16H30N2O2. The van der Waals surface area contributed by atoms with Gasteiger partial charge >= 0.3 is 0 Å². The zero-order valence-corrected chi connectivity index (χ0v) is 13.3. The Kier molecular flexibility index (Phi) is 5.08. The summed E-state index contributed by atoms with van der Waals surface area (Å²) in [7, 11) is 0. The first-order chi connectivity index (χ1) is 9.39. The second-order valence-corrected chi connectivity index (χ2v) is 7.06. The monoisotopic (exact) mass is 282 g/mol. The van der Waals surface area contributed by atoms with Crippen LogP contribution in [0.15, 0.2) is 0 Å². The summed E-state index contributed by atoms with van der Waals surface area (Å²) in [6.45, 7) is 8.52. The molecule has 4 heteroatoms. The fraction of sp³-hybridized carbons (Fsp3) is 0.938. The normalized spacial score (nSPS) is 36.7. The second kappa shape index (κ2) is 6.44. The van der Waals surface area contributed by atoms with E-state index in [1.807, 2.05) is 6.92 Å². The van der Waals surface area contributed by atoms with Gasteiger partial charge in [0.25, 0.3) is 0 Å². The highest BCUT2D eigenvalue weighted by atomic mass is 16.3. The van der Waals surface area contributed by atoms with E-state index in [2.05, 4.69) is 23.6 Å². The number of piperidine rings is 1. The first-order valence-corrected chi connectivity index (χ1v) is 8.15. The lowest BCUT2D eigenvalue weighted by Crippen LogP contribution is -2.51. The molecule has 20 heavy (non-hydrogen) atoms. The Morgan fingerprint density at radius 3 is 2.45 bits per heavy atom. The Bertz CT molecular complexity index is 333. The van der Waals surface area contributed by atoms with Gasteiger partial charge in [-0.05, 0) is 65.8 Å². The molecule has 0 bridgehead atoms. The zero-order chi connectivity index (χ0) is 14.8. The first-order valence-electron chi connectivity index (χ1n) is 8.15. The van der Waals surface area contributed by atoms with E-state index in [0.29, 0.717) is 18.6 Å². The summed E-state index contributed by atoms with van der Waals surface area (Å²) >= 11 is 0. The molecule has 0 aromatic heterocycles. The van der Waals surface area contributed by atoms with Gasteiger partial charge in [-0.15, -0.1) is 0 Å². The van der Waals surface area contributed by atoms with Crippen molar-refractivity contribution in [2.45, 2.75) is 77.0 Å². The summed E-state index contributed by atoms with van der Waals surface area (Å²) in [6, 6.07) is 0.752. The molecule has 2 rings (SSSR count). The molecule has 2 aliphatic heterocycles. The number of carbonyl (C=O) groups is 1. The quantitative estimate of drug-likeness (QED) is 0.842. The third-order valence-corrected chi connectivity index (χ3v) is 5.00. The maximum absolute atomic E-state index is 12.6. The van der Waals surface area contributed by atoms with Gasteiger partial charge in [-0.25, -0.2) is 0 Å². The Hall–Kier alpha value is -0.610. The predicted octanol–water partition coefficient (Wildman–Crippen LogP) is 2.01. The van der Waals surface area contributed by atoms with Crippen LogP contribution in [0.3, 0.4) is 0 Å². The molecule has 2 heterocycles. The van der Waals surface area contributed by atoms with Gasteiger partial charge in [0.1, 0.15) is 0 Å². The molecule has 4 nitrogen and oxygen atoms in total. The molecule has 1 N–H and O–H groups in total. The van der Waals surface area contributed by atoms with Crippen molar-refractivity contribution < 1.29 is 9.90 Å². The third kappa shape index (κ3) is 3.95. The maximum atomic E-state index is 12.6. The molecule has 0 aromatic carbocycles. The average Bonchev–Trinajstić information content (AvgIpc) is 2.51. The molecule has 0 radical (unpaired) electrons. The Balaban J connectivity index is 1.90. The highest BCUT2D eigenvalue weighted by molar-refractivity contribution is 5.79. The summed E-state index contributed by atoms with van der Waals surface area (Å²) in [5, 5.41) is 10.1. The largest absolute Gasteiger partial charge is 0.390 e. The van der Waals surface area contributed by atoms with E-state index in [1.165, 1.54) is 6.42 Å². The summed E-state index contributed by atoms with van der Waals surface area (Å²) in [5.74, 6) is 0.270. The SMILES string of the molecule is CC1CCCC(C)N1C(=O)CN1CCCC(C)(O)CC1. The first kappa shape index (κ1) is 15.8. The molecule has 0 aromatic rings. The smallest absolute Gasteiger partial charge is 0.237 e. The van der Waals surface area contributed by atoms with Crippen LogP contribution in [0.2, 0.25) is 0 Å². The highest BCUT2D eigenvalue weighted by Crippen LogP contribution is 2.24. The van der Waals surface area contributed by atoms with Gasteiger partial charge in [0.05, 0.1) is 12.1 Å². The van der Waals surface area contributed by atoms with Crippen LogP contribution in [-0.2, 0) is 4.79 Å². The van der Waals surface area contributed by atoms with Crippen molar-refractivity contribution in [3.8, 4) is 0 Å². The van der Waals surface area contributed by atoms with Gasteiger partial charge in [-0.1, -0.05) is 0 Å². The molecule has 2 fully saturated rings. The van der Waals surface area contributed by atoms with Crippen molar-refractivity contribution in [1.82, 2.24) is 9.80 Å². The standard InChI is InChI=1S/C16H30N2O2/c1-13-6-4-7-14(2)18(13)15(19)12-17-10-5-8-16(3,20)9-11-17/h13-14,20H,4-12H2,1-3H3. The lowest BCUT2D eigenvalue weighted by molar-refractivity contribution is -0.138. The van der Waals surface area contributed by atoms with Crippen LogP contribution in [0.5, 0.6) is 0 Å². The number of rotatable bonds is 2. The molecule has 0 spiro atoms. The van der Waals surface area contributed by atoms with Gasteiger partial charge in [-0.3, -0.25) is 9.69 Å². The van der Waals surface area contributed by atoms with Crippen LogP contribution in [0.25, 0.3) is 0 Å².